The molecular weight excluding hydrogens is 188 g/mol. The molecule has 7 heteroatoms. The zero-order chi connectivity index (χ0) is 9.84. The fourth-order valence-corrected chi connectivity index (χ4v) is 0.720. The summed E-state index contributed by atoms with van der Waals surface area (Å²) in [6.45, 7) is 0. The van der Waals surface area contributed by atoms with Crippen molar-refractivity contribution in [2.24, 2.45) is 0 Å². The molecule has 0 aliphatic heterocycles. The van der Waals surface area contributed by atoms with Gasteiger partial charge in [-0.15, -0.1) is 0 Å². The topological polar surface area (TPSA) is 38.7 Å². The highest BCUT2D eigenvalue weighted by molar-refractivity contribution is 6.46. The summed E-state index contributed by atoms with van der Waals surface area (Å²) in [6, 6.07) is 1.36. The molecule has 0 atom stereocenters. The Morgan fingerprint density at radius 2 is 1.69 bits per heavy atom. The molecule has 1 rings (SSSR count). The molecule has 0 aliphatic carbocycles. The van der Waals surface area contributed by atoms with Crippen LogP contribution in [0.4, 0.5) is 13.2 Å². The molecule has 0 spiro atoms. The monoisotopic (exact) mass is 191 g/mol. The second-order valence-electron chi connectivity index (χ2n) is 2.09. The lowest BCUT2D eigenvalue weighted by molar-refractivity contribution is -0.441. The van der Waals surface area contributed by atoms with E-state index < -0.39 is 17.5 Å². The molecule has 69 valence electrons. The lowest BCUT2D eigenvalue weighted by atomic mass is 9.88. The molecule has 0 unspecified atom stereocenters. The van der Waals surface area contributed by atoms with Gasteiger partial charge in [0.25, 0.3) is 0 Å². The third kappa shape index (κ3) is 2.45. The number of rotatable bonds is 3. The number of halogens is 3. The van der Waals surface area contributed by atoms with E-state index in [1.54, 1.807) is 0 Å². The van der Waals surface area contributed by atoms with E-state index in [4.69, 9.17) is 5.26 Å². The van der Waals surface area contributed by atoms with Gasteiger partial charge in [0.15, 0.2) is 17.5 Å². The molecule has 0 aromatic heterocycles. The van der Waals surface area contributed by atoms with Crippen LogP contribution in [0.15, 0.2) is 12.1 Å². The van der Waals surface area contributed by atoms with Crippen molar-refractivity contribution < 1.29 is 28.3 Å². The third-order valence-corrected chi connectivity index (χ3v) is 1.23. The zero-order valence-electron chi connectivity index (χ0n) is 6.13. The van der Waals surface area contributed by atoms with E-state index in [1.165, 1.54) is 0 Å². The molecular formula is C6H3BF3O3. The predicted octanol–water partition coefficient (Wildman–Crippen LogP) is 0.770. The first-order valence-electron chi connectivity index (χ1n) is 3.10. The maximum atomic E-state index is 12.5. The van der Waals surface area contributed by atoms with Crippen molar-refractivity contribution in [2.45, 2.75) is 0 Å². The summed E-state index contributed by atoms with van der Waals surface area (Å²) in [7, 11) is 0.700. The Balaban J connectivity index is 2.86. The van der Waals surface area contributed by atoms with Gasteiger partial charge in [0.05, 0.1) is 0 Å². The average molecular weight is 191 g/mol. The summed E-state index contributed by atoms with van der Waals surface area (Å²) in [5.41, 5.74) is -0.120. The van der Waals surface area contributed by atoms with Gasteiger partial charge >= 0.3 is 7.48 Å². The third-order valence-electron chi connectivity index (χ3n) is 1.23. The van der Waals surface area contributed by atoms with E-state index in [0.29, 0.717) is 19.6 Å². The van der Waals surface area contributed by atoms with Crippen molar-refractivity contribution >= 4 is 12.9 Å². The van der Waals surface area contributed by atoms with Crippen molar-refractivity contribution in [3.63, 3.8) is 0 Å². The van der Waals surface area contributed by atoms with Crippen LogP contribution in [-0.4, -0.2) is 12.7 Å². The Hall–Kier alpha value is -1.05. The normalized spacial score (nSPS) is 10.2. The van der Waals surface area contributed by atoms with Gasteiger partial charge in [0.1, 0.15) is 0 Å². The molecule has 0 heterocycles. The Bertz CT molecular complexity index is 284. The summed E-state index contributed by atoms with van der Waals surface area (Å²) in [4.78, 5) is 3.84. The molecule has 0 saturated heterocycles. The van der Waals surface area contributed by atoms with Gasteiger partial charge in [0, 0.05) is 0 Å². The molecule has 0 fully saturated rings. The van der Waals surface area contributed by atoms with Gasteiger partial charge in [0.2, 0.25) is 0 Å². The van der Waals surface area contributed by atoms with Crippen LogP contribution in [0.2, 0.25) is 0 Å². The van der Waals surface area contributed by atoms with E-state index in [1.807, 2.05) is 0 Å². The molecule has 0 amide bonds. The van der Waals surface area contributed by atoms with E-state index in [-0.39, 0.29) is 5.46 Å². The van der Waals surface area contributed by atoms with E-state index in [9.17, 15) is 13.2 Å². The number of hydrogen-bond donors (Lipinski definition) is 1. The van der Waals surface area contributed by atoms with Crippen LogP contribution in [0.25, 0.3) is 0 Å². The average Bonchev–Trinajstić information content (AvgIpc) is 2.10. The largest absolute Gasteiger partial charge is 0.386 e. The van der Waals surface area contributed by atoms with Gasteiger partial charge in [-0.2, -0.15) is 0 Å². The second-order valence-corrected chi connectivity index (χ2v) is 2.09. The molecule has 0 bridgehead atoms. The van der Waals surface area contributed by atoms with Crippen molar-refractivity contribution in [3.8, 4) is 0 Å². The van der Waals surface area contributed by atoms with E-state index in [2.05, 4.69) is 9.84 Å². The summed E-state index contributed by atoms with van der Waals surface area (Å²) in [5.74, 6) is -4.28. The maximum Gasteiger partial charge on any atom is 0.386 e. The van der Waals surface area contributed by atoms with E-state index >= 15 is 0 Å². The lowest BCUT2D eigenvalue weighted by Crippen LogP contribution is -2.19. The smallest absolute Gasteiger partial charge is 0.275 e. The quantitative estimate of drug-likeness (QED) is 0.332. The van der Waals surface area contributed by atoms with Gasteiger partial charge in [-0.1, -0.05) is 5.04 Å². The van der Waals surface area contributed by atoms with Crippen LogP contribution >= 0.6 is 0 Å². The molecule has 0 saturated carbocycles. The minimum atomic E-state index is -1.57. The van der Waals surface area contributed by atoms with Crippen LogP contribution in [0, 0.1) is 17.5 Å². The Morgan fingerprint density at radius 1 is 1.15 bits per heavy atom. The van der Waals surface area contributed by atoms with Gasteiger partial charge in [-0.3, -0.25) is 4.81 Å². The SMILES string of the molecule is OOO[B]c1cc(F)c(F)c(F)c1. The zero-order valence-corrected chi connectivity index (χ0v) is 6.13. The number of benzene rings is 1. The van der Waals surface area contributed by atoms with Crippen LogP contribution in [0.1, 0.15) is 0 Å². The Morgan fingerprint density at radius 3 is 2.15 bits per heavy atom. The molecule has 3 nitrogen and oxygen atoms in total. The Kier molecular flexibility index (Phi) is 3.29. The highest BCUT2D eigenvalue weighted by atomic mass is 19.2. The van der Waals surface area contributed by atoms with Gasteiger partial charge in [-0.05, 0) is 17.6 Å². The van der Waals surface area contributed by atoms with Crippen molar-refractivity contribution in [3.05, 3.63) is 29.6 Å². The molecule has 1 radical (unpaired) electrons. The molecule has 0 aliphatic rings. The molecule has 13 heavy (non-hydrogen) atoms. The highest BCUT2D eigenvalue weighted by Crippen LogP contribution is 2.07. The van der Waals surface area contributed by atoms with Gasteiger partial charge in [-0.25, -0.2) is 18.4 Å². The van der Waals surface area contributed by atoms with Gasteiger partial charge < -0.3 is 0 Å². The second kappa shape index (κ2) is 4.26. The fraction of sp³-hybridized carbons (Fsp3) is 0. The molecule has 1 aromatic rings. The first-order chi connectivity index (χ1) is 6.15. The van der Waals surface area contributed by atoms with Crippen LogP contribution in [0.3, 0.4) is 0 Å². The standard InChI is InChI=1S/C6H3BF3O3/c8-4-1-3(7-12-13-11)2-5(9)6(4)10/h1-2,11H. The summed E-state index contributed by atoms with van der Waals surface area (Å²) in [5, 5.41) is 10.9. The van der Waals surface area contributed by atoms with Crippen molar-refractivity contribution in [1.82, 2.24) is 0 Å². The fourth-order valence-electron chi connectivity index (χ4n) is 0.720. The predicted molar refractivity (Wildman–Crippen MR) is 36.5 cm³/mol. The van der Waals surface area contributed by atoms with Crippen LogP contribution in [-0.2, 0) is 9.84 Å². The lowest BCUT2D eigenvalue weighted by Gasteiger charge is -1.99. The Labute approximate surface area is 71.8 Å². The first kappa shape index (κ1) is 10.0. The van der Waals surface area contributed by atoms with Crippen LogP contribution in [0.5, 0.6) is 0 Å². The number of hydrogen-bond acceptors (Lipinski definition) is 3. The van der Waals surface area contributed by atoms with Crippen molar-refractivity contribution in [2.75, 3.05) is 0 Å². The highest BCUT2D eigenvalue weighted by Gasteiger charge is 2.11. The first-order valence-corrected chi connectivity index (χ1v) is 3.10. The minimum Gasteiger partial charge on any atom is -0.275 e. The minimum absolute atomic E-state index is 0.120. The van der Waals surface area contributed by atoms with Crippen LogP contribution < -0.4 is 5.46 Å². The summed E-state index contributed by atoms with van der Waals surface area (Å²) < 4.78 is 37.3. The summed E-state index contributed by atoms with van der Waals surface area (Å²) in [6.07, 6.45) is 0. The molecule has 1 aromatic carbocycles. The molecule has 1 N–H and O–H groups in total. The summed E-state index contributed by atoms with van der Waals surface area (Å²) >= 11 is 0. The maximum absolute atomic E-state index is 12.5. The van der Waals surface area contributed by atoms with Crippen molar-refractivity contribution in [1.29, 1.82) is 0 Å². The van der Waals surface area contributed by atoms with E-state index in [0.717, 1.165) is 0 Å².